The van der Waals surface area contributed by atoms with Crippen LogP contribution in [0, 0.1) is 5.92 Å². The van der Waals surface area contributed by atoms with E-state index in [4.69, 9.17) is 10.5 Å². The van der Waals surface area contributed by atoms with Crippen molar-refractivity contribution in [1.29, 1.82) is 0 Å². The maximum atomic E-state index is 12.6. The summed E-state index contributed by atoms with van der Waals surface area (Å²) in [4.78, 5) is 38.2. The third-order valence-corrected chi connectivity index (χ3v) is 4.13. The van der Waals surface area contributed by atoms with E-state index in [1.165, 1.54) is 0 Å². The zero-order valence-corrected chi connectivity index (χ0v) is 15.5. The summed E-state index contributed by atoms with van der Waals surface area (Å²) in [7, 11) is 0. The topological polar surface area (TPSA) is 114 Å². The SMILES string of the molecule is CCCC[C@H](NC(=O)[C@H](CC(C)C)NC(=O)N1CCOCC1)C(N)=O. The molecule has 1 heterocycles. The molecule has 0 saturated carbocycles. The van der Waals surface area contributed by atoms with Crippen molar-refractivity contribution in [2.45, 2.75) is 58.5 Å². The Morgan fingerprint density at radius 2 is 1.76 bits per heavy atom. The molecule has 0 aromatic carbocycles. The average molecular weight is 356 g/mol. The lowest BCUT2D eigenvalue weighted by Crippen LogP contribution is -2.56. The number of urea groups is 1. The number of nitrogens with one attached hydrogen (secondary N) is 2. The Morgan fingerprint density at radius 1 is 1.12 bits per heavy atom. The Hall–Kier alpha value is -1.83. The van der Waals surface area contributed by atoms with Crippen molar-refractivity contribution in [3.63, 3.8) is 0 Å². The number of rotatable bonds is 9. The van der Waals surface area contributed by atoms with Crippen LogP contribution >= 0.6 is 0 Å². The minimum absolute atomic E-state index is 0.211. The smallest absolute Gasteiger partial charge is 0.318 e. The molecule has 0 radical (unpaired) electrons. The Labute approximate surface area is 149 Å². The third-order valence-electron chi connectivity index (χ3n) is 4.13. The van der Waals surface area contributed by atoms with Crippen molar-refractivity contribution in [2.75, 3.05) is 26.3 Å². The van der Waals surface area contributed by atoms with Crippen LogP contribution in [0.1, 0.15) is 46.5 Å². The second-order valence-corrected chi connectivity index (χ2v) is 6.84. The Kier molecular flexibility index (Phi) is 9.26. The van der Waals surface area contributed by atoms with E-state index in [2.05, 4.69) is 10.6 Å². The van der Waals surface area contributed by atoms with Crippen molar-refractivity contribution in [2.24, 2.45) is 11.7 Å². The number of primary amides is 1. The monoisotopic (exact) mass is 356 g/mol. The van der Waals surface area contributed by atoms with Gasteiger partial charge < -0.3 is 26.0 Å². The Balaban J connectivity index is 2.69. The lowest BCUT2D eigenvalue weighted by Gasteiger charge is -2.30. The Bertz CT molecular complexity index is 450. The number of nitrogens with two attached hydrogens (primary N) is 1. The van der Waals surface area contributed by atoms with E-state index in [9.17, 15) is 14.4 Å². The molecule has 0 aromatic rings. The van der Waals surface area contributed by atoms with Crippen LogP contribution < -0.4 is 16.4 Å². The fourth-order valence-electron chi connectivity index (χ4n) is 2.68. The summed E-state index contributed by atoms with van der Waals surface area (Å²) in [6.07, 6.45) is 2.69. The molecule has 144 valence electrons. The number of unbranched alkanes of at least 4 members (excludes halogenated alkanes) is 1. The molecule has 1 aliphatic heterocycles. The molecule has 8 heteroatoms. The van der Waals surface area contributed by atoms with E-state index in [0.29, 0.717) is 39.1 Å². The van der Waals surface area contributed by atoms with Crippen LogP contribution in [-0.2, 0) is 14.3 Å². The molecule has 2 atom stereocenters. The molecule has 25 heavy (non-hydrogen) atoms. The summed E-state index contributed by atoms with van der Waals surface area (Å²) in [6.45, 7) is 7.95. The maximum absolute atomic E-state index is 12.6. The van der Waals surface area contributed by atoms with Crippen molar-refractivity contribution < 1.29 is 19.1 Å². The molecule has 0 aromatic heterocycles. The first-order chi connectivity index (χ1) is 11.8. The first-order valence-corrected chi connectivity index (χ1v) is 9.08. The summed E-state index contributed by atoms with van der Waals surface area (Å²) in [5, 5.41) is 5.48. The summed E-state index contributed by atoms with van der Waals surface area (Å²) in [6, 6.07) is -1.69. The van der Waals surface area contributed by atoms with Gasteiger partial charge >= 0.3 is 6.03 Å². The van der Waals surface area contributed by atoms with E-state index in [0.717, 1.165) is 12.8 Å². The molecule has 1 saturated heterocycles. The molecule has 4 amide bonds. The molecule has 0 spiro atoms. The van der Waals surface area contributed by atoms with Gasteiger partial charge in [-0.3, -0.25) is 9.59 Å². The number of hydrogen-bond donors (Lipinski definition) is 3. The maximum Gasteiger partial charge on any atom is 0.318 e. The van der Waals surface area contributed by atoms with Crippen LogP contribution in [0.4, 0.5) is 4.79 Å². The molecular weight excluding hydrogens is 324 g/mol. The molecular formula is C17H32N4O4. The van der Waals surface area contributed by atoms with Gasteiger partial charge in [-0.15, -0.1) is 0 Å². The van der Waals surface area contributed by atoms with Gasteiger partial charge in [0.05, 0.1) is 13.2 Å². The highest BCUT2D eigenvalue weighted by molar-refractivity contribution is 5.91. The number of carbonyl (C=O) groups excluding carboxylic acids is 3. The summed E-state index contributed by atoms with van der Waals surface area (Å²) >= 11 is 0. The van der Waals surface area contributed by atoms with Gasteiger partial charge in [0, 0.05) is 13.1 Å². The lowest BCUT2D eigenvalue weighted by molar-refractivity contribution is -0.128. The molecule has 1 rings (SSSR count). The molecule has 1 aliphatic rings. The number of ether oxygens (including phenoxy) is 1. The first-order valence-electron chi connectivity index (χ1n) is 9.08. The highest BCUT2D eigenvalue weighted by Gasteiger charge is 2.28. The predicted molar refractivity (Wildman–Crippen MR) is 94.8 cm³/mol. The van der Waals surface area contributed by atoms with Crippen molar-refractivity contribution >= 4 is 17.8 Å². The van der Waals surface area contributed by atoms with E-state index in [1.54, 1.807) is 4.90 Å². The van der Waals surface area contributed by atoms with Gasteiger partial charge in [0.1, 0.15) is 12.1 Å². The second-order valence-electron chi connectivity index (χ2n) is 6.84. The minimum Gasteiger partial charge on any atom is -0.378 e. The van der Waals surface area contributed by atoms with Crippen molar-refractivity contribution in [3.05, 3.63) is 0 Å². The number of nitrogens with zero attached hydrogens (tertiary/aromatic N) is 1. The number of hydrogen-bond acceptors (Lipinski definition) is 4. The fourth-order valence-corrected chi connectivity index (χ4v) is 2.68. The molecule has 1 fully saturated rings. The Morgan fingerprint density at radius 3 is 2.28 bits per heavy atom. The zero-order chi connectivity index (χ0) is 18.8. The van der Waals surface area contributed by atoms with E-state index < -0.39 is 18.0 Å². The van der Waals surface area contributed by atoms with Crippen molar-refractivity contribution in [3.8, 4) is 0 Å². The highest BCUT2D eigenvalue weighted by atomic mass is 16.5. The van der Waals surface area contributed by atoms with E-state index in [-0.39, 0.29) is 17.9 Å². The van der Waals surface area contributed by atoms with Gasteiger partial charge in [0.25, 0.3) is 0 Å². The molecule has 0 bridgehead atoms. The zero-order valence-electron chi connectivity index (χ0n) is 15.5. The third kappa shape index (κ3) is 7.72. The molecule has 8 nitrogen and oxygen atoms in total. The van der Waals surface area contributed by atoms with Crippen LogP contribution in [0.2, 0.25) is 0 Å². The van der Waals surface area contributed by atoms with Crippen LogP contribution in [-0.4, -0.2) is 61.1 Å². The summed E-state index contributed by atoms with van der Waals surface area (Å²) in [5.74, 6) is -0.705. The quantitative estimate of drug-likeness (QED) is 0.561. The molecule has 0 unspecified atom stereocenters. The molecule has 0 aliphatic carbocycles. The van der Waals surface area contributed by atoms with Crippen LogP contribution in [0.5, 0.6) is 0 Å². The largest absolute Gasteiger partial charge is 0.378 e. The fraction of sp³-hybridized carbons (Fsp3) is 0.824. The van der Waals surface area contributed by atoms with Gasteiger partial charge in [0.2, 0.25) is 11.8 Å². The van der Waals surface area contributed by atoms with Gasteiger partial charge in [-0.1, -0.05) is 33.6 Å². The van der Waals surface area contributed by atoms with Crippen molar-refractivity contribution in [1.82, 2.24) is 15.5 Å². The van der Waals surface area contributed by atoms with Crippen LogP contribution in [0.25, 0.3) is 0 Å². The number of amides is 4. The van der Waals surface area contributed by atoms with Gasteiger partial charge in [0.15, 0.2) is 0 Å². The minimum atomic E-state index is -0.706. The van der Waals surface area contributed by atoms with Crippen LogP contribution in [0.3, 0.4) is 0 Å². The van der Waals surface area contributed by atoms with Crippen LogP contribution in [0.15, 0.2) is 0 Å². The first kappa shape index (κ1) is 21.2. The predicted octanol–water partition coefficient (Wildman–Crippen LogP) is 0.603. The summed E-state index contributed by atoms with van der Waals surface area (Å²) < 4.78 is 5.23. The van der Waals surface area contributed by atoms with E-state index >= 15 is 0 Å². The standard InChI is InChI=1S/C17H32N4O4/c1-4-5-6-13(15(18)22)19-16(23)14(11-12(2)3)20-17(24)21-7-9-25-10-8-21/h12-14H,4-11H2,1-3H3,(H2,18,22)(H,19,23)(H,20,24)/t13-,14-/m0/s1. The molecule has 4 N–H and O–H groups in total. The lowest BCUT2D eigenvalue weighted by atomic mass is 10.0. The normalized spacial score (nSPS) is 17.0. The number of morpholine rings is 1. The van der Waals surface area contributed by atoms with Gasteiger partial charge in [-0.2, -0.15) is 0 Å². The number of carbonyl (C=O) groups is 3. The van der Waals surface area contributed by atoms with E-state index in [1.807, 2.05) is 20.8 Å². The van der Waals surface area contributed by atoms with Gasteiger partial charge in [-0.25, -0.2) is 4.79 Å². The second kappa shape index (κ2) is 10.9. The average Bonchev–Trinajstić information content (AvgIpc) is 2.57. The highest BCUT2D eigenvalue weighted by Crippen LogP contribution is 2.08. The summed E-state index contributed by atoms with van der Waals surface area (Å²) in [5.41, 5.74) is 5.38. The van der Waals surface area contributed by atoms with Gasteiger partial charge in [-0.05, 0) is 18.8 Å².